The molecule has 0 aromatic carbocycles. The normalized spacial score (nSPS) is 16.1. The molecule has 0 radical (unpaired) electrons. The molecular weight excluding hydrogens is 292 g/mol. The second kappa shape index (κ2) is 13.4. The number of unbranched alkanes of at least 4 members (excludes halogenated alkanes) is 2. The zero-order valence-electron chi connectivity index (χ0n) is 15.4. The van der Waals surface area contributed by atoms with Crippen LogP contribution in [0, 0.1) is 5.41 Å². The molecule has 0 aliphatic heterocycles. The van der Waals surface area contributed by atoms with Gasteiger partial charge < -0.3 is 9.84 Å². The number of hydrogen-bond acceptors (Lipinski definition) is 3. The number of carboxylic acids is 1. The zero-order valence-corrected chi connectivity index (χ0v) is 15.4. The fourth-order valence-corrected chi connectivity index (χ4v) is 3.03. The van der Waals surface area contributed by atoms with Crippen molar-refractivity contribution in [2.75, 3.05) is 6.61 Å². The zero-order chi connectivity index (χ0) is 17.6. The van der Waals surface area contributed by atoms with Gasteiger partial charge in [0.05, 0.1) is 6.61 Å². The first-order valence-corrected chi connectivity index (χ1v) is 9.37. The Morgan fingerprint density at radius 2 is 1.57 bits per heavy atom. The summed E-state index contributed by atoms with van der Waals surface area (Å²) in [5.41, 5.74) is 0.331. The van der Waals surface area contributed by atoms with Crippen LogP contribution in [0.2, 0.25) is 0 Å². The first-order valence-electron chi connectivity index (χ1n) is 9.37. The van der Waals surface area contributed by atoms with Crippen molar-refractivity contribution < 1.29 is 19.4 Å². The summed E-state index contributed by atoms with van der Waals surface area (Å²) in [4.78, 5) is 21.6. The minimum atomic E-state index is -1.12. The molecule has 0 spiro atoms. The Labute approximate surface area is 142 Å². The van der Waals surface area contributed by atoms with Gasteiger partial charge in [-0.1, -0.05) is 65.7 Å². The van der Waals surface area contributed by atoms with Crippen LogP contribution in [0.25, 0.3) is 0 Å². The Bertz CT molecular complexity index is 317. The van der Waals surface area contributed by atoms with Gasteiger partial charge in [0.2, 0.25) is 0 Å². The van der Waals surface area contributed by atoms with Crippen LogP contribution in [0.5, 0.6) is 0 Å². The standard InChI is InChI=1S/C15H26O4.C4H10/c1-2-3-7-15(8-5-4-6-9-15)10-11-19-14(18)12-13(16)17;1-3-4-2/h2-12H2,1H3,(H,16,17);3-4H2,1-2H3. The van der Waals surface area contributed by atoms with Crippen molar-refractivity contribution in [3.63, 3.8) is 0 Å². The topological polar surface area (TPSA) is 63.6 Å². The summed E-state index contributed by atoms with van der Waals surface area (Å²) in [6.45, 7) is 6.93. The van der Waals surface area contributed by atoms with Gasteiger partial charge >= 0.3 is 11.9 Å². The fraction of sp³-hybridized carbons (Fsp3) is 0.895. The van der Waals surface area contributed by atoms with Crippen molar-refractivity contribution in [1.82, 2.24) is 0 Å². The molecule has 4 nitrogen and oxygen atoms in total. The molecule has 1 fully saturated rings. The minimum absolute atomic E-state index is 0.331. The molecule has 1 saturated carbocycles. The molecular formula is C19H36O4. The third-order valence-electron chi connectivity index (χ3n) is 4.67. The summed E-state index contributed by atoms with van der Waals surface area (Å²) in [5, 5.41) is 8.50. The number of carbonyl (C=O) groups excluding carboxylic acids is 1. The highest BCUT2D eigenvalue weighted by atomic mass is 16.5. The molecule has 0 heterocycles. The van der Waals surface area contributed by atoms with Gasteiger partial charge in [-0.05, 0) is 31.1 Å². The van der Waals surface area contributed by atoms with Gasteiger partial charge in [0.25, 0.3) is 0 Å². The molecule has 1 N–H and O–H groups in total. The molecule has 0 atom stereocenters. The first-order chi connectivity index (χ1) is 11.0. The summed E-state index contributed by atoms with van der Waals surface area (Å²) >= 11 is 0. The molecule has 0 unspecified atom stereocenters. The Morgan fingerprint density at radius 1 is 0.957 bits per heavy atom. The monoisotopic (exact) mass is 328 g/mol. The first kappa shape index (κ1) is 21.9. The number of carbonyl (C=O) groups is 2. The van der Waals surface area contributed by atoms with Crippen molar-refractivity contribution in [3.05, 3.63) is 0 Å². The Hall–Kier alpha value is -1.06. The van der Waals surface area contributed by atoms with E-state index >= 15 is 0 Å². The number of hydrogen-bond donors (Lipinski definition) is 1. The lowest BCUT2D eigenvalue weighted by atomic mass is 9.69. The smallest absolute Gasteiger partial charge is 0.317 e. The van der Waals surface area contributed by atoms with E-state index in [2.05, 4.69) is 20.8 Å². The average Bonchev–Trinajstić information content (AvgIpc) is 2.53. The lowest BCUT2D eigenvalue weighted by Gasteiger charge is -2.37. The van der Waals surface area contributed by atoms with Gasteiger partial charge in [0.15, 0.2) is 0 Å². The van der Waals surface area contributed by atoms with Crippen LogP contribution >= 0.6 is 0 Å². The molecule has 0 amide bonds. The molecule has 1 rings (SSSR count). The summed E-state index contributed by atoms with van der Waals surface area (Å²) in [5.74, 6) is -1.74. The molecule has 1 aliphatic rings. The second-order valence-corrected chi connectivity index (χ2v) is 6.71. The van der Waals surface area contributed by atoms with E-state index in [1.807, 2.05) is 0 Å². The summed E-state index contributed by atoms with van der Waals surface area (Å²) in [6, 6.07) is 0. The van der Waals surface area contributed by atoms with Crippen molar-refractivity contribution in [2.45, 2.75) is 97.8 Å². The highest BCUT2D eigenvalue weighted by Crippen LogP contribution is 2.43. The van der Waals surface area contributed by atoms with Gasteiger partial charge in [0, 0.05) is 0 Å². The number of aliphatic carboxylic acids is 1. The maximum Gasteiger partial charge on any atom is 0.317 e. The van der Waals surface area contributed by atoms with Gasteiger partial charge in [-0.3, -0.25) is 9.59 Å². The maximum atomic E-state index is 11.2. The molecule has 0 aromatic rings. The van der Waals surface area contributed by atoms with Crippen molar-refractivity contribution in [1.29, 1.82) is 0 Å². The fourth-order valence-electron chi connectivity index (χ4n) is 3.03. The van der Waals surface area contributed by atoms with Gasteiger partial charge in [0.1, 0.15) is 6.42 Å². The van der Waals surface area contributed by atoms with E-state index < -0.39 is 18.4 Å². The van der Waals surface area contributed by atoms with E-state index in [0.717, 1.165) is 6.42 Å². The van der Waals surface area contributed by atoms with E-state index in [-0.39, 0.29) is 0 Å². The second-order valence-electron chi connectivity index (χ2n) is 6.71. The third kappa shape index (κ3) is 11.2. The third-order valence-corrected chi connectivity index (χ3v) is 4.67. The number of ether oxygens (including phenoxy) is 1. The van der Waals surface area contributed by atoms with E-state index in [9.17, 15) is 9.59 Å². The minimum Gasteiger partial charge on any atom is -0.481 e. The summed E-state index contributed by atoms with van der Waals surface area (Å²) in [7, 11) is 0. The van der Waals surface area contributed by atoms with Crippen LogP contribution in [-0.4, -0.2) is 23.7 Å². The summed E-state index contributed by atoms with van der Waals surface area (Å²) in [6.07, 6.45) is 12.9. The van der Waals surface area contributed by atoms with E-state index in [1.54, 1.807) is 0 Å². The van der Waals surface area contributed by atoms with Crippen LogP contribution in [0.15, 0.2) is 0 Å². The molecule has 23 heavy (non-hydrogen) atoms. The molecule has 4 heteroatoms. The van der Waals surface area contributed by atoms with Gasteiger partial charge in [-0.25, -0.2) is 0 Å². The Morgan fingerprint density at radius 3 is 2.04 bits per heavy atom. The van der Waals surface area contributed by atoms with E-state index in [1.165, 1.54) is 64.2 Å². The Balaban J connectivity index is 0.00000108. The molecule has 0 bridgehead atoms. The van der Waals surface area contributed by atoms with Crippen LogP contribution in [0.3, 0.4) is 0 Å². The molecule has 0 aromatic heterocycles. The average molecular weight is 328 g/mol. The van der Waals surface area contributed by atoms with Crippen LogP contribution < -0.4 is 0 Å². The van der Waals surface area contributed by atoms with E-state index in [0.29, 0.717) is 12.0 Å². The lowest BCUT2D eigenvalue weighted by molar-refractivity contribution is -0.151. The van der Waals surface area contributed by atoms with Crippen molar-refractivity contribution >= 4 is 11.9 Å². The predicted octanol–water partition coefficient (Wildman–Crippen LogP) is 5.34. The van der Waals surface area contributed by atoms with E-state index in [4.69, 9.17) is 9.84 Å². The lowest BCUT2D eigenvalue weighted by Crippen LogP contribution is -2.26. The van der Waals surface area contributed by atoms with Crippen molar-refractivity contribution in [3.8, 4) is 0 Å². The quantitative estimate of drug-likeness (QED) is 0.458. The van der Waals surface area contributed by atoms with Crippen molar-refractivity contribution in [2.24, 2.45) is 5.41 Å². The molecule has 0 saturated heterocycles. The number of esters is 1. The Kier molecular flexibility index (Phi) is 12.8. The summed E-state index contributed by atoms with van der Waals surface area (Å²) < 4.78 is 5.04. The maximum absolute atomic E-state index is 11.2. The van der Waals surface area contributed by atoms with Crippen LogP contribution in [-0.2, 0) is 14.3 Å². The molecule has 136 valence electrons. The SMILES string of the molecule is CCCC.CCCCC1(CCOC(=O)CC(=O)O)CCCCC1. The number of rotatable bonds is 9. The van der Waals surface area contributed by atoms with Crippen LogP contribution in [0.1, 0.15) is 97.8 Å². The largest absolute Gasteiger partial charge is 0.481 e. The molecule has 1 aliphatic carbocycles. The predicted molar refractivity (Wildman–Crippen MR) is 93.5 cm³/mol. The number of carboxylic acid groups (broad SMARTS) is 1. The van der Waals surface area contributed by atoms with Gasteiger partial charge in [-0.2, -0.15) is 0 Å². The van der Waals surface area contributed by atoms with Crippen LogP contribution in [0.4, 0.5) is 0 Å². The highest BCUT2D eigenvalue weighted by molar-refractivity contribution is 5.90. The van der Waals surface area contributed by atoms with Gasteiger partial charge in [-0.15, -0.1) is 0 Å². The highest BCUT2D eigenvalue weighted by Gasteiger charge is 2.31.